The molecule has 1 N–H and O–H groups in total. The van der Waals surface area contributed by atoms with Crippen LogP contribution in [0.15, 0.2) is 18.2 Å². The minimum atomic E-state index is -0.424. The van der Waals surface area contributed by atoms with Crippen LogP contribution < -0.4 is 5.32 Å². The second kappa shape index (κ2) is 5.40. The van der Waals surface area contributed by atoms with E-state index in [1.165, 1.54) is 0 Å². The molecule has 0 fully saturated rings. The number of carbonyl (C=O) groups is 2. The van der Waals surface area contributed by atoms with Gasteiger partial charge in [-0.15, -0.1) is 0 Å². The van der Waals surface area contributed by atoms with Gasteiger partial charge in [-0.2, -0.15) is 0 Å². The molecule has 1 aliphatic heterocycles. The highest BCUT2D eigenvalue weighted by atomic mass is 35.5. The van der Waals surface area contributed by atoms with Crippen LogP contribution in [0.5, 0.6) is 0 Å². The number of hydrogen-bond donors (Lipinski definition) is 1. The van der Waals surface area contributed by atoms with Gasteiger partial charge in [0.15, 0.2) is 0 Å². The SMILES string of the molecule is CCOC(=O)[C@@H]1CC(=O)Nc2cc(Cl)ccc2C1. The molecule has 1 heterocycles. The third-order valence-electron chi connectivity index (χ3n) is 2.86. The summed E-state index contributed by atoms with van der Waals surface area (Å²) in [4.78, 5) is 23.5. The molecule has 0 bridgehead atoms. The maximum atomic E-state index is 11.7. The Labute approximate surface area is 110 Å². The minimum absolute atomic E-state index is 0.144. The Morgan fingerprint density at radius 2 is 2.28 bits per heavy atom. The third-order valence-corrected chi connectivity index (χ3v) is 3.10. The second-order valence-corrected chi connectivity index (χ2v) is 4.64. The molecule has 1 atom stereocenters. The normalized spacial score (nSPS) is 18.6. The quantitative estimate of drug-likeness (QED) is 0.837. The van der Waals surface area contributed by atoms with E-state index in [9.17, 15) is 9.59 Å². The van der Waals surface area contributed by atoms with Crippen molar-refractivity contribution in [2.45, 2.75) is 19.8 Å². The summed E-state index contributed by atoms with van der Waals surface area (Å²) in [7, 11) is 0. The Hall–Kier alpha value is -1.55. The molecule has 0 spiro atoms. The van der Waals surface area contributed by atoms with Crippen molar-refractivity contribution in [3.8, 4) is 0 Å². The van der Waals surface area contributed by atoms with Gasteiger partial charge in [-0.25, -0.2) is 0 Å². The van der Waals surface area contributed by atoms with E-state index in [2.05, 4.69) is 5.32 Å². The zero-order valence-electron chi connectivity index (χ0n) is 10.0. The van der Waals surface area contributed by atoms with Crippen LogP contribution in [0, 0.1) is 5.92 Å². The Balaban J connectivity index is 2.27. The average molecular weight is 268 g/mol. The van der Waals surface area contributed by atoms with Gasteiger partial charge in [0.25, 0.3) is 0 Å². The molecule has 1 aromatic rings. The average Bonchev–Trinajstić information content (AvgIpc) is 2.47. The van der Waals surface area contributed by atoms with Crippen molar-refractivity contribution in [3.63, 3.8) is 0 Å². The number of halogens is 1. The summed E-state index contributed by atoms with van der Waals surface area (Å²) in [6, 6.07) is 5.28. The molecule has 96 valence electrons. The predicted octanol–water partition coefficient (Wildman–Crippen LogP) is 2.40. The molecule has 0 unspecified atom stereocenters. The monoisotopic (exact) mass is 267 g/mol. The van der Waals surface area contributed by atoms with Gasteiger partial charge in [0.05, 0.1) is 12.5 Å². The molecule has 0 saturated heterocycles. The topological polar surface area (TPSA) is 55.4 Å². The first-order valence-electron chi connectivity index (χ1n) is 5.85. The maximum absolute atomic E-state index is 11.7. The van der Waals surface area contributed by atoms with Gasteiger partial charge in [0, 0.05) is 17.1 Å². The molecule has 1 aliphatic rings. The van der Waals surface area contributed by atoms with Crippen LogP contribution in [-0.2, 0) is 20.7 Å². The van der Waals surface area contributed by atoms with Crippen LogP contribution in [0.1, 0.15) is 18.9 Å². The fourth-order valence-electron chi connectivity index (χ4n) is 2.03. The van der Waals surface area contributed by atoms with E-state index in [4.69, 9.17) is 16.3 Å². The number of carbonyl (C=O) groups excluding carboxylic acids is 2. The lowest BCUT2D eigenvalue weighted by Gasteiger charge is -2.11. The first-order chi connectivity index (χ1) is 8.60. The second-order valence-electron chi connectivity index (χ2n) is 4.21. The summed E-state index contributed by atoms with van der Waals surface area (Å²) in [5.41, 5.74) is 1.59. The van der Waals surface area contributed by atoms with Gasteiger partial charge in [0.1, 0.15) is 0 Å². The van der Waals surface area contributed by atoms with Crippen molar-refractivity contribution >= 4 is 29.2 Å². The van der Waals surface area contributed by atoms with Crippen molar-refractivity contribution in [2.75, 3.05) is 11.9 Å². The van der Waals surface area contributed by atoms with E-state index in [1.807, 2.05) is 6.07 Å². The Bertz CT molecular complexity index is 487. The fourth-order valence-corrected chi connectivity index (χ4v) is 2.20. The predicted molar refractivity (Wildman–Crippen MR) is 68.5 cm³/mol. The molecule has 1 aromatic carbocycles. The first kappa shape index (κ1) is 12.9. The number of ether oxygens (including phenoxy) is 1. The summed E-state index contributed by atoms with van der Waals surface area (Å²) < 4.78 is 4.98. The Kier molecular flexibility index (Phi) is 3.87. The lowest BCUT2D eigenvalue weighted by Crippen LogP contribution is -2.23. The molecule has 0 aliphatic carbocycles. The van der Waals surface area contributed by atoms with Gasteiger partial charge in [0.2, 0.25) is 5.91 Å². The molecule has 0 radical (unpaired) electrons. The number of amides is 1. The molecular formula is C13H14ClNO3. The Morgan fingerprint density at radius 1 is 1.50 bits per heavy atom. The van der Waals surface area contributed by atoms with Crippen LogP contribution in [-0.4, -0.2) is 18.5 Å². The van der Waals surface area contributed by atoms with Crippen molar-refractivity contribution in [3.05, 3.63) is 28.8 Å². The molecule has 2 rings (SSSR count). The lowest BCUT2D eigenvalue weighted by atomic mass is 9.97. The highest BCUT2D eigenvalue weighted by Crippen LogP contribution is 2.28. The first-order valence-corrected chi connectivity index (χ1v) is 6.23. The molecule has 5 heteroatoms. The highest BCUT2D eigenvalue weighted by Gasteiger charge is 2.27. The van der Waals surface area contributed by atoms with E-state index in [-0.39, 0.29) is 18.3 Å². The molecular weight excluding hydrogens is 254 g/mol. The number of rotatable bonds is 2. The van der Waals surface area contributed by atoms with Gasteiger partial charge in [-0.3, -0.25) is 9.59 Å². The number of nitrogens with one attached hydrogen (secondary N) is 1. The fraction of sp³-hybridized carbons (Fsp3) is 0.385. The number of fused-ring (bicyclic) bond motifs is 1. The van der Waals surface area contributed by atoms with Crippen LogP contribution >= 0.6 is 11.6 Å². The smallest absolute Gasteiger partial charge is 0.309 e. The van der Waals surface area contributed by atoms with E-state index in [0.717, 1.165) is 5.56 Å². The number of benzene rings is 1. The minimum Gasteiger partial charge on any atom is -0.466 e. The van der Waals surface area contributed by atoms with Crippen molar-refractivity contribution in [2.24, 2.45) is 5.92 Å². The number of anilines is 1. The molecule has 0 saturated carbocycles. The Morgan fingerprint density at radius 3 is 3.00 bits per heavy atom. The number of hydrogen-bond acceptors (Lipinski definition) is 3. The van der Waals surface area contributed by atoms with E-state index >= 15 is 0 Å². The van der Waals surface area contributed by atoms with E-state index < -0.39 is 5.92 Å². The largest absolute Gasteiger partial charge is 0.466 e. The summed E-state index contributed by atoms with van der Waals surface area (Å²) in [5.74, 6) is -0.933. The number of esters is 1. The van der Waals surface area contributed by atoms with E-state index in [0.29, 0.717) is 23.7 Å². The molecule has 0 aromatic heterocycles. The van der Waals surface area contributed by atoms with Gasteiger partial charge >= 0.3 is 5.97 Å². The van der Waals surface area contributed by atoms with Crippen LogP contribution in [0.25, 0.3) is 0 Å². The summed E-state index contributed by atoms with van der Waals surface area (Å²) >= 11 is 5.88. The van der Waals surface area contributed by atoms with Crippen LogP contribution in [0.4, 0.5) is 5.69 Å². The van der Waals surface area contributed by atoms with Gasteiger partial charge < -0.3 is 10.1 Å². The summed E-state index contributed by atoms with van der Waals surface area (Å²) in [6.07, 6.45) is 0.634. The van der Waals surface area contributed by atoms with Gasteiger partial charge in [-0.1, -0.05) is 17.7 Å². The molecule has 18 heavy (non-hydrogen) atoms. The highest BCUT2D eigenvalue weighted by molar-refractivity contribution is 6.31. The van der Waals surface area contributed by atoms with Crippen molar-refractivity contribution in [1.29, 1.82) is 0 Å². The maximum Gasteiger partial charge on any atom is 0.309 e. The standard InChI is InChI=1S/C13H14ClNO3/c1-2-18-13(17)9-5-8-3-4-10(14)7-11(8)15-12(16)6-9/h3-4,7,9H,2,5-6H2,1H3,(H,15,16)/t9-/m0/s1. The van der Waals surface area contributed by atoms with E-state index in [1.54, 1.807) is 19.1 Å². The van der Waals surface area contributed by atoms with Crippen molar-refractivity contribution in [1.82, 2.24) is 0 Å². The zero-order chi connectivity index (χ0) is 13.1. The molecule has 4 nitrogen and oxygen atoms in total. The van der Waals surface area contributed by atoms with Gasteiger partial charge in [-0.05, 0) is 31.0 Å². The third kappa shape index (κ3) is 2.82. The van der Waals surface area contributed by atoms with Crippen molar-refractivity contribution < 1.29 is 14.3 Å². The molecule has 1 amide bonds. The summed E-state index contributed by atoms with van der Waals surface area (Å²) in [5, 5.41) is 3.32. The van der Waals surface area contributed by atoms with Crippen LogP contribution in [0.2, 0.25) is 5.02 Å². The van der Waals surface area contributed by atoms with Crippen LogP contribution in [0.3, 0.4) is 0 Å². The summed E-state index contributed by atoms with van der Waals surface area (Å²) in [6.45, 7) is 2.08. The lowest BCUT2D eigenvalue weighted by molar-refractivity contribution is -0.149. The zero-order valence-corrected chi connectivity index (χ0v) is 10.8.